The van der Waals surface area contributed by atoms with Crippen LogP contribution in [0.3, 0.4) is 0 Å². The zero-order valence-electron chi connectivity index (χ0n) is 20.6. The number of aromatic nitrogens is 2. The van der Waals surface area contributed by atoms with E-state index >= 15 is 0 Å². The minimum absolute atomic E-state index is 0.192. The lowest BCUT2D eigenvalue weighted by atomic mass is 10.1. The van der Waals surface area contributed by atoms with Gasteiger partial charge in [0.05, 0.1) is 35.2 Å². The fourth-order valence-electron chi connectivity index (χ4n) is 4.53. The van der Waals surface area contributed by atoms with Gasteiger partial charge in [0.15, 0.2) is 0 Å². The molecule has 0 spiro atoms. The van der Waals surface area contributed by atoms with Gasteiger partial charge in [0.1, 0.15) is 15.5 Å². The van der Waals surface area contributed by atoms with Crippen molar-refractivity contribution in [1.82, 2.24) is 20.2 Å². The second-order valence-electron chi connectivity index (χ2n) is 8.79. The number of ether oxygens (including phenoxy) is 1. The summed E-state index contributed by atoms with van der Waals surface area (Å²) in [4.78, 5) is 51.5. The smallest absolute Gasteiger partial charge is 0.331 e. The molecule has 0 saturated carbocycles. The summed E-state index contributed by atoms with van der Waals surface area (Å²) >= 11 is 1.19. The molecule has 6 rings (SSSR count). The van der Waals surface area contributed by atoms with Crippen LogP contribution in [0.4, 0.5) is 21.9 Å². The van der Waals surface area contributed by atoms with Crippen LogP contribution in [0.15, 0.2) is 85.4 Å². The van der Waals surface area contributed by atoms with Crippen LogP contribution in [0.2, 0.25) is 0 Å². The van der Waals surface area contributed by atoms with Gasteiger partial charge in [0, 0.05) is 24.5 Å². The van der Waals surface area contributed by atoms with Gasteiger partial charge in [-0.3, -0.25) is 14.5 Å². The minimum atomic E-state index is -0.430. The third-order valence-electron chi connectivity index (χ3n) is 6.31. The number of thiophene rings is 1. The Bertz CT molecular complexity index is 1650. The molecule has 0 aliphatic carbocycles. The lowest BCUT2D eigenvalue weighted by molar-refractivity contribution is -0.125. The van der Waals surface area contributed by atoms with Crippen LogP contribution in [0.5, 0.6) is 11.6 Å². The molecule has 194 valence electrons. The highest BCUT2D eigenvalue weighted by atomic mass is 32.1. The molecule has 1 aromatic carbocycles. The van der Waals surface area contributed by atoms with Crippen molar-refractivity contribution in [3.8, 4) is 11.6 Å². The third-order valence-corrected chi connectivity index (χ3v) is 7.40. The Labute approximate surface area is 227 Å². The normalized spacial score (nSPS) is 14.5. The van der Waals surface area contributed by atoms with Gasteiger partial charge in [0.2, 0.25) is 11.8 Å². The second kappa shape index (κ2) is 10.0. The molecule has 0 atom stereocenters. The number of carbonyl (C=O) groups is 3. The Balaban J connectivity index is 1.28. The van der Waals surface area contributed by atoms with Gasteiger partial charge in [-0.15, -0.1) is 11.3 Å². The van der Waals surface area contributed by atoms with E-state index < -0.39 is 6.03 Å². The van der Waals surface area contributed by atoms with Crippen molar-refractivity contribution in [1.29, 1.82) is 0 Å². The quantitative estimate of drug-likeness (QED) is 0.326. The van der Waals surface area contributed by atoms with E-state index in [9.17, 15) is 14.4 Å². The number of urea groups is 1. The Morgan fingerprint density at radius 1 is 1.13 bits per heavy atom. The number of pyridine rings is 2. The fraction of sp³-hybridized carbons (Fsp3) is 0.107. The number of carbonyl (C=O) groups excluding carboxylic acids is 3. The average Bonchev–Trinajstić information content (AvgIpc) is 3.33. The Morgan fingerprint density at radius 3 is 2.74 bits per heavy atom. The number of benzene rings is 1. The first-order valence-electron chi connectivity index (χ1n) is 12.1. The number of nitrogens with one attached hydrogen (secondary N) is 2. The fourth-order valence-corrected chi connectivity index (χ4v) is 5.54. The van der Waals surface area contributed by atoms with E-state index in [1.54, 1.807) is 35.5 Å². The Morgan fingerprint density at radius 2 is 1.97 bits per heavy atom. The molecule has 2 N–H and O–H groups in total. The first-order chi connectivity index (χ1) is 19.0. The van der Waals surface area contributed by atoms with Gasteiger partial charge in [-0.25, -0.2) is 14.8 Å². The summed E-state index contributed by atoms with van der Waals surface area (Å²) in [7, 11) is 0. The van der Waals surface area contributed by atoms with E-state index in [2.05, 4.69) is 27.2 Å². The minimum Gasteiger partial charge on any atom is -0.439 e. The average molecular weight is 539 g/mol. The number of amides is 4. The van der Waals surface area contributed by atoms with Crippen molar-refractivity contribution in [3.05, 3.63) is 90.2 Å². The van der Waals surface area contributed by atoms with Crippen LogP contribution in [0.1, 0.15) is 16.1 Å². The molecule has 2 aliphatic heterocycles. The number of anilines is 3. The molecule has 0 radical (unpaired) electrons. The molecular formula is C28H22N6O4S. The Kier molecular flexibility index (Phi) is 6.25. The van der Waals surface area contributed by atoms with Gasteiger partial charge in [-0.1, -0.05) is 30.9 Å². The summed E-state index contributed by atoms with van der Waals surface area (Å²) in [6, 6.07) is 14.0. The summed E-state index contributed by atoms with van der Waals surface area (Å²) in [6.45, 7) is 4.37. The number of para-hydroxylation sites is 1. The standard InChI is InChI=1S/C28H22N6O4S/c1-2-22(35)33-14-6-7-17(16-33)31-26(36)25-24-23-20(12-13-29-27(23)39-25)34(28(37)32-24)18-10-11-21(30-15-18)38-19-8-4-3-5-9-19/h2-5,7-13,15H,1,6,14,16H2,(H,31,36)(H,32,37). The van der Waals surface area contributed by atoms with Crippen molar-refractivity contribution in [2.75, 3.05) is 23.3 Å². The van der Waals surface area contributed by atoms with E-state index in [0.717, 1.165) is 0 Å². The molecule has 4 amide bonds. The highest BCUT2D eigenvalue weighted by molar-refractivity contribution is 7.21. The second-order valence-corrected chi connectivity index (χ2v) is 9.79. The molecule has 5 heterocycles. The van der Waals surface area contributed by atoms with E-state index in [4.69, 9.17) is 4.74 Å². The zero-order valence-corrected chi connectivity index (χ0v) is 21.4. The lowest BCUT2D eigenvalue weighted by Crippen LogP contribution is -2.39. The van der Waals surface area contributed by atoms with Crippen LogP contribution in [-0.2, 0) is 4.79 Å². The molecule has 0 fully saturated rings. The summed E-state index contributed by atoms with van der Waals surface area (Å²) in [5.41, 5.74) is 2.14. The largest absolute Gasteiger partial charge is 0.439 e. The predicted octanol–water partition coefficient (Wildman–Crippen LogP) is 5.20. The molecule has 0 unspecified atom stereocenters. The summed E-state index contributed by atoms with van der Waals surface area (Å²) in [6.07, 6.45) is 6.94. The number of nitrogens with zero attached hydrogens (tertiary/aromatic N) is 4. The molecule has 0 saturated heterocycles. The predicted molar refractivity (Wildman–Crippen MR) is 148 cm³/mol. The van der Waals surface area contributed by atoms with Crippen LogP contribution in [0.25, 0.3) is 10.2 Å². The SMILES string of the molecule is C=CC(=O)N1CCC=C(NC(=O)c2sc3nccc4c3c2NC(=O)N4c2ccc(Oc3ccccc3)nc2)C1. The van der Waals surface area contributed by atoms with E-state index in [-0.39, 0.29) is 18.4 Å². The van der Waals surface area contributed by atoms with Crippen molar-refractivity contribution in [2.45, 2.75) is 6.42 Å². The molecule has 11 heteroatoms. The summed E-state index contributed by atoms with van der Waals surface area (Å²) in [5, 5.41) is 6.43. The van der Waals surface area contributed by atoms with Gasteiger partial charge < -0.3 is 20.3 Å². The lowest BCUT2D eigenvalue weighted by Gasteiger charge is -2.28. The molecule has 39 heavy (non-hydrogen) atoms. The Hall–Kier alpha value is -5.03. The van der Waals surface area contributed by atoms with E-state index in [1.807, 2.05) is 36.4 Å². The van der Waals surface area contributed by atoms with Crippen LogP contribution < -0.4 is 20.3 Å². The zero-order chi connectivity index (χ0) is 26.9. The van der Waals surface area contributed by atoms with E-state index in [0.29, 0.717) is 62.4 Å². The van der Waals surface area contributed by atoms with Crippen LogP contribution >= 0.6 is 11.3 Å². The molecule has 2 aliphatic rings. The van der Waals surface area contributed by atoms with Gasteiger partial charge in [0.25, 0.3) is 5.91 Å². The highest BCUT2D eigenvalue weighted by Crippen LogP contribution is 2.45. The third kappa shape index (κ3) is 4.59. The molecule has 4 aromatic rings. The molecular weight excluding hydrogens is 516 g/mol. The van der Waals surface area contributed by atoms with Crippen molar-refractivity contribution in [3.63, 3.8) is 0 Å². The van der Waals surface area contributed by atoms with Gasteiger partial charge >= 0.3 is 6.03 Å². The maximum atomic E-state index is 13.3. The molecule has 3 aromatic heterocycles. The van der Waals surface area contributed by atoms with Crippen molar-refractivity contribution >= 4 is 56.5 Å². The van der Waals surface area contributed by atoms with Gasteiger partial charge in [-0.05, 0) is 36.8 Å². The number of hydrogen-bond acceptors (Lipinski definition) is 7. The molecule has 0 bridgehead atoms. The van der Waals surface area contributed by atoms with Gasteiger partial charge in [-0.2, -0.15) is 0 Å². The van der Waals surface area contributed by atoms with Crippen molar-refractivity contribution < 1.29 is 19.1 Å². The molecule has 10 nitrogen and oxygen atoms in total. The maximum Gasteiger partial charge on any atom is 0.331 e. The monoisotopic (exact) mass is 538 g/mol. The maximum absolute atomic E-state index is 13.3. The highest BCUT2D eigenvalue weighted by Gasteiger charge is 2.33. The summed E-state index contributed by atoms with van der Waals surface area (Å²) < 4.78 is 5.77. The topological polar surface area (TPSA) is 117 Å². The first kappa shape index (κ1) is 24.3. The van der Waals surface area contributed by atoms with Crippen LogP contribution in [0, 0.1) is 0 Å². The first-order valence-corrected chi connectivity index (χ1v) is 13.0. The van der Waals surface area contributed by atoms with E-state index in [1.165, 1.54) is 22.3 Å². The number of rotatable bonds is 6. The summed E-state index contributed by atoms with van der Waals surface area (Å²) in [5.74, 6) is 0.475. The van der Waals surface area contributed by atoms with Crippen molar-refractivity contribution in [2.24, 2.45) is 0 Å². The van der Waals surface area contributed by atoms with Crippen LogP contribution in [-0.4, -0.2) is 45.8 Å². The number of hydrogen-bond donors (Lipinski definition) is 2.